The van der Waals surface area contributed by atoms with Gasteiger partial charge in [-0.25, -0.2) is 0 Å². The molecule has 1 saturated heterocycles. The lowest BCUT2D eigenvalue weighted by Gasteiger charge is -2.34. The maximum atomic E-state index is 13.0. The van der Waals surface area contributed by atoms with Crippen molar-refractivity contribution in [1.29, 1.82) is 0 Å². The second kappa shape index (κ2) is 10.3. The largest absolute Gasteiger partial charge is 0.416 e. The van der Waals surface area contributed by atoms with Crippen LogP contribution in [-0.2, 0) is 24.7 Å². The highest BCUT2D eigenvalue weighted by Crippen LogP contribution is 2.52. The molecule has 6 nitrogen and oxygen atoms in total. The lowest BCUT2D eigenvalue weighted by atomic mass is 9.94. The summed E-state index contributed by atoms with van der Waals surface area (Å²) < 4.78 is 44.4. The number of halogens is 3. The minimum Gasteiger partial charge on any atom is -0.338 e. The zero-order chi connectivity index (χ0) is 25.2. The van der Waals surface area contributed by atoms with Crippen molar-refractivity contribution in [3.05, 3.63) is 82.5 Å². The Balaban J connectivity index is 1.03. The predicted molar refractivity (Wildman–Crippen MR) is 130 cm³/mol. The van der Waals surface area contributed by atoms with Crippen LogP contribution in [0.2, 0.25) is 0 Å². The molecule has 2 aliphatic rings. The molecule has 3 aromatic rings. The minimum atomic E-state index is -4.30. The van der Waals surface area contributed by atoms with Crippen LogP contribution >= 0.6 is 0 Å². The van der Waals surface area contributed by atoms with Crippen molar-refractivity contribution in [2.24, 2.45) is 0 Å². The van der Waals surface area contributed by atoms with Crippen molar-refractivity contribution >= 4 is 0 Å². The van der Waals surface area contributed by atoms with Crippen LogP contribution in [0.4, 0.5) is 13.2 Å². The Kier molecular flexibility index (Phi) is 7.14. The van der Waals surface area contributed by atoms with Crippen LogP contribution in [0.15, 0.2) is 53.1 Å². The third kappa shape index (κ3) is 5.79. The standard InChI is InChI=1S/C27H32F3N5O/c1-20-5-7-22(8-6-20)26(9-10-26)25-32-24(36-33-25)18-31-11-12-34-13-15-35(16-14-34)19-21-3-2-4-23(17-21)27(28,29)30/h2-8,17,31H,9-16,18-19H2,1H3. The van der Waals surface area contributed by atoms with Gasteiger partial charge in [-0.1, -0.05) is 53.2 Å². The van der Waals surface area contributed by atoms with Gasteiger partial charge in [-0.3, -0.25) is 9.80 Å². The minimum absolute atomic E-state index is 0.0941. The van der Waals surface area contributed by atoms with Gasteiger partial charge < -0.3 is 9.84 Å². The second-order valence-electron chi connectivity index (χ2n) is 9.95. The van der Waals surface area contributed by atoms with E-state index in [0.717, 1.165) is 64.0 Å². The highest BCUT2D eigenvalue weighted by Gasteiger charge is 2.49. The van der Waals surface area contributed by atoms with Crippen LogP contribution in [0.5, 0.6) is 0 Å². The van der Waals surface area contributed by atoms with E-state index in [-0.39, 0.29) is 5.41 Å². The van der Waals surface area contributed by atoms with Crippen LogP contribution in [0.3, 0.4) is 0 Å². The van der Waals surface area contributed by atoms with Crippen molar-refractivity contribution < 1.29 is 17.7 Å². The second-order valence-corrected chi connectivity index (χ2v) is 9.95. The molecule has 0 bridgehead atoms. The lowest BCUT2D eigenvalue weighted by Crippen LogP contribution is -2.47. The van der Waals surface area contributed by atoms with Crippen LogP contribution in [0, 0.1) is 6.92 Å². The lowest BCUT2D eigenvalue weighted by molar-refractivity contribution is -0.137. The number of hydrogen-bond donors (Lipinski definition) is 1. The molecule has 0 spiro atoms. The molecule has 1 aliphatic heterocycles. The number of nitrogens with one attached hydrogen (secondary N) is 1. The summed E-state index contributed by atoms with van der Waals surface area (Å²) in [6, 6.07) is 14.2. The van der Waals surface area contributed by atoms with E-state index < -0.39 is 11.7 Å². The number of hydrogen-bond acceptors (Lipinski definition) is 6. The normalized spacial score (nSPS) is 18.4. The zero-order valence-corrected chi connectivity index (χ0v) is 20.5. The average Bonchev–Trinajstić information content (AvgIpc) is 3.53. The molecular weight excluding hydrogens is 467 g/mol. The van der Waals surface area contributed by atoms with Gasteiger partial charge in [0.15, 0.2) is 5.82 Å². The molecule has 2 heterocycles. The molecule has 1 aliphatic carbocycles. The van der Waals surface area contributed by atoms with Gasteiger partial charge in [0.1, 0.15) is 0 Å². The van der Waals surface area contributed by atoms with E-state index in [1.54, 1.807) is 6.07 Å². The smallest absolute Gasteiger partial charge is 0.338 e. The number of piperazine rings is 1. The Bertz CT molecular complexity index is 1150. The predicted octanol–water partition coefficient (Wildman–Crippen LogP) is 4.38. The summed E-state index contributed by atoms with van der Waals surface area (Å²) in [6.07, 6.45) is -2.21. The van der Waals surface area contributed by atoms with Crippen molar-refractivity contribution in [3.63, 3.8) is 0 Å². The van der Waals surface area contributed by atoms with Crippen LogP contribution in [-0.4, -0.2) is 59.2 Å². The molecule has 2 aromatic carbocycles. The molecule has 5 rings (SSSR count). The first-order valence-corrected chi connectivity index (χ1v) is 12.5. The maximum Gasteiger partial charge on any atom is 0.416 e. The van der Waals surface area contributed by atoms with Crippen molar-refractivity contribution in [3.8, 4) is 0 Å². The van der Waals surface area contributed by atoms with E-state index in [1.807, 2.05) is 0 Å². The topological polar surface area (TPSA) is 57.4 Å². The number of rotatable bonds is 9. The summed E-state index contributed by atoms with van der Waals surface area (Å²) in [5.74, 6) is 1.38. The molecule has 1 saturated carbocycles. The van der Waals surface area contributed by atoms with Crippen LogP contribution in [0.1, 0.15) is 46.8 Å². The third-order valence-electron chi connectivity index (χ3n) is 7.26. The first-order valence-electron chi connectivity index (χ1n) is 12.5. The highest BCUT2D eigenvalue weighted by atomic mass is 19.4. The zero-order valence-electron chi connectivity index (χ0n) is 20.5. The van der Waals surface area contributed by atoms with Gasteiger partial charge in [0, 0.05) is 45.8 Å². The first-order chi connectivity index (χ1) is 17.3. The van der Waals surface area contributed by atoms with E-state index >= 15 is 0 Å². The Morgan fingerprint density at radius 3 is 2.42 bits per heavy atom. The maximum absolute atomic E-state index is 13.0. The Labute approximate surface area is 209 Å². The number of nitrogens with zero attached hydrogens (tertiary/aromatic N) is 4. The highest BCUT2D eigenvalue weighted by molar-refractivity contribution is 5.40. The van der Waals surface area contributed by atoms with Gasteiger partial charge >= 0.3 is 6.18 Å². The fourth-order valence-electron chi connectivity index (χ4n) is 4.87. The molecule has 1 aromatic heterocycles. The summed E-state index contributed by atoms with van der Waals surface area (Å²) in [7, 11) is 0. The third-order valence-corrected chi connectivity index (χ3v) is 7.26. The van der Waals surface area contributed by atoms with Crippen molar-refractivity contribution in [1.82, 2.24) is 25.3 Å². The molecule has 192 valence electrons. The fourth-order valence-corrected chi connectivity index (χ4v) is 4.87. The van der Waals surface area contributed by atoms with E-state index in [4.69, 9.17) is 4.52 Å². The monoisotopic (exact) mass is 499 g/mol. The van der Waals surface area contributed by atoms with E-state index in [9.17, 15) is 13.2 Å². The molecule has 2 fully saturated rings. The van der Waals surface area contributed by atoms with Gasteiger partial charge in [0.05, 0.1) is 17.5 Å². The summed E-state index contributed by atoms with van der Waals surface area (Å²) in [4.78, 5) is 9.24. The Morgan fingerprint density at radius 1 is 1.00 bits per heavy atom. The first kappa shape index (κ1) is 24.9. The SMILES string of the molecule is Cc1ccc(C2(c3noc(CNCCN4CCN(Cc5cccc(C(F)(F)F)c5)CC4)n3)CC2)cc1. The quantitative estimate of drug-likeness (QED) is 0.441. The van der Waals surface area contributed by atoms with E-state index in [2.05, 4.69) is 56.4 Å². The Morgan fingerprint density at radius 2 is 1.72 bits per heavy atom. The van der Waals surface area contributed by atoms with E-state index in [1.165, 1.54) is 23.3 Å². The number of aryl methyl sites for hydroxylation is 1. The van der Waals surface area contributed by atoms with Gasteiger partial charge in [-0.15, -0.1) is 0 Å². The summed E-state index contributed by atoms with van der Waals surface area (Å²) in [6.45, 7) is 8.32. The molecule has 0 amide bonds. The van der Waals surface area contributed by atoms with Gasteiger partial charge in [-0.05, 0) is 37.0 Å². The van der Waals surface area contributed by atoms with Gasteiger partial charge in [0.2, 0.25) is 5.89 Å². The molecule has 1 N–H and O–H groups in total. The molecule has 0 atom stereocenters. The van der Waals surface area contributed by atoms with Gasteiger partial charge in [0.25, 0.3) is 0 Å². The van der Waals surface area contributed by atoms with Crippen LogP contribution in [0.25, 0.3) is 0 Å². The molecule has 36 heavy (non-hydrogen) atoms. The Hall–Kier alpha value is -2.75. The fraction of sp³-hybridized carbons (Fsp3) is 0.481. The summed E-state index contributed by atoms with van der Waals surface area (Å²) >= 11 is 0. The number of benzene rings is 2. The molecular formula is C27H32F3N5O. The van der Waals surface area contributed by atoms with E-state index in [0.29, 0.717) is 24.5 Å². The number of aromatic nitrogens is 2. The van der Waals surface area contributed by atoms with Crippen LogP contribution < -0.4 is 5.32 Å². The van der Waals surface area contributed by atoms with Crippen molar-refractivity contribution in [2.45, 2.75) is 44.4 Å². The molecule has 0 unspecified atom stereocenters. The summed E-state index contributed by atoms with van der Waals surface area (Å²) in [5, 5.41) is 7.67. The molecule has 0 radical (unpaired) electrons. The molecule has 9 heteroatoms. The average molecular weight is 500 g/mol. The number of alkyl halides is 3. The van der Waals surface area contributed by atoms with Crippen molar-refractivity contribution in [2.75, 3.05) is 39.3 Å². The van der Waals surface area contributed by atoms with Gasteiger partial charge in [-0.2, -0.15) is 18.2 Å². The summed E-state index contributed by atoms with van der Waals surface area (Å²) in [5.41, 5.74) is 2.52.